The molecule has 3 heteroatoms. The first-order valence-electron chi connectivity index (χ1n) is 8.26. The van der Waals surface area contributed by atoms with Gasteiger partial charge in [-0.25, -0.2) is 0 Å². The molecule has 3 rings (SSSR count). The topological polar surface area (TPSA) is 40.7 Å². The fourth-order valence-electron chi connectivity index (χ4n) is 3.08. The molecule has 0 spiro atoms. The van der Waals surface area contributed by atoms with Gasteiger partial charge < -0.3 is 5.32 Å². The molecular weight excluding hydrogens is 234 g/mol. The number of hydrogen-bond donors (Lipinski definition) is 2. The number of H-pyrrole nitrogens is 1. The van der Waals surface area contributed by atoms with E-state index in [-0.39, 0.29) is 0 Å². The number of anilines is 1. The monoisotopic (exact) mass is 261 g/mol. The highest BCUT2D eigenvalue weighted by Gasteiger charge is 2.24. The van der Waals surface area contributed by atoms with E-state index in [1.54, 1.807) is 0 Å². The third kappa shape index (κ3) is 3.74. The smallest absolute Gasteiger partial charge is 0.151 e. The fourth-order valence-corrected chi connectivity index (χ4v) is 3.08. The van der Waals surface area contributed by atoms with E-state index in [2.05, 4.69) is 15.5 Å². The summed E-state index contributed by atoms with van der Waals surface area (Å²) in [6.45, 7) is 0. The summed E-state index contributed by atoms with van der Waals surface area (Å²) in [6, 6.07) is 0.703. The van der Waals surface area contributed by atoms with Crippen LogP contribution >= 0.6 is 0 Å². The minimum atomic E-state index is 0.703. The van der Waals surface area contributed by atoms with Crippen molar-refractivity contribution in [3.63, 3.8) is 0 Å². The zero-order valence-electron chi connectivity index (χ0n) is 12.0. The SMILES string of the molecule is C1CCCCCc2c(NC3CC3)n[nH]c2CCCC1. The highest BCUT2D eigenvalue weighted by atomic mass is 15.2. The highest BCUT2D eigenvalue weighted by Crippen LogP contribution is 2.28. The minimum absolute atomic E-state index is 0.703. The lowest BCUT2D eigenvalue weighted by Gasteiger charge is -2.09. The molecule has 0 radical (unpaired) electrons. The van der Waals surface area contributed by atoms with Crippen LogP contribution in [0.5, 0.6) is 0 Å². The maximum Gasteiger partial charge on any atom is 0.151 e. The molecule has 3 nitrogen and oxygen atoms in total. The largest absolute Gasteiger partial charge is 0.366 e. The van der Waals surface area contributed by atoms with Crippen molar-refractivity contribution in [3.8, 4) is 0 Å². The molecule has 0 saturated heterocycles. The Bertz CT molecular complexity index is 393. The molecule has 1 saturated carbocycles. The van der Waals surface area contributed by atoms with Gasteiger partial charge in [-0.2, -0.15) is 5.10 Å². The van der Waals surface area contributed by atoms with Gasteiger partial charge in [-0.3, -0.25) is 5.10 Å². The lowest BCUT2D eigenvalue weighted by Crippen LogP contribution is -2.04. The van der Waals surface area contributed by atoms with Crippen LogP contribution in [0, 0.1) is 0 Å². The lowest BCUT2D eigenvalue weighted by atomic mass is 9.99. The van der Waals surface area contributed by atoms with Crippen molar-refractivity contribution in [2.45, 2.75) is 83.1 Å². The maximum atomic E-state index is 4.53. The van der Waals surface area contributed by atoms with Crippen molar-refractivity contribution in [1.29, 1.82) is 0 Å². The maximum absolute atomic E-state index is 4.53. The first kappa shape index (κ1) is 13.0. The second kappa shape index (κ2) is 6.44. The molecule has 19 heavy (non-hydrogen) atoms. The van der Waals surface area contributed by atoms with E-state index < -0.39 is 0 Å². The molecule has 2 N–H and O–H groups in total. The fraction of sp³-hybridized carbons (Fsp3) is 0.812. The summed E-state index contributed by atoms with van der Waals surface area (Å²) in [5, 5.41) is 11.4. The Labute approximate surface area is 116 Å². The molecule has 0 unspecified atom stereocenters. The predicted octanol–water partition coefficient (Wildman–Crippen LogP) is 4.20. The van der Waals surface area contributed by atoms with Gasteiger partial charge in [-0.15, -0.1) is 0 Å². The average molecular weight is 261 g/mol. The summed E-state index contributed by atoms with van der Waals surface area (Å²) in [6.07, 6.45) is 16.1. The van der Waals surface area contributed by atoms with Gasteiger partial charge in [0.2, 0.25) is 0 Å². The van der Waals surface area contributed by atoms with Crippen LogP contribution in [0.2, 0.25) is 0 Å². The van der Waals surface area contributed by atoms with Crippen LogP contribution in [0.15, 0.2) is 0 Å². The molecule has 0 aromatic carbocycles. The molecule has 0 atom stereocenters. The van der Waals surface area contributed by atoms with Crippen LogP contribution in [0.3, 0.4) is 0 Å². The molecule has 0 aliphatic heterocycles. The van der Waals surface area contributed by atoms with E-state index in [1.807, 2.05) is 0 Å². The Morgan fingerprint density at radius 1 is 0.842 bits per heavy atom. The van der Waals surface area contributed by atoms with Crippen molar-refractivity contribution >= 4 is 5.82 Å². The van der Waals surface area contributed by atoms with Crippen molar-refractivity contribution in [2.24, 2.45) is 0 Å². The van der Waals surface area contributed by atoms with Crippen molar-refractivity contribution in [3.05, 3.63) is 11.3 Å². The number of aromatic nitrogens is 2. The minimum Gasteiger partial charge on any atom is -0.366 e. The van der Waals surface area contributed by atoms with E-state index in [0.717, 1.165) is 5.82 Å². The van der Waals surface area contributed by atoms with Gasteiger partial charge in [0, 0.05) is 17.3 Å². The first-order chi connectivity index (χ1) is 9.43. The van der Waals surface area contributed by atoms with Gasteiger partial charge in [-0.05, 0) is 38.5 Å². The Morgan fingerprint density at radius 2 is 1.47 bits per heavy atom. The van der Waals surface area contributed by atoms with Gasteiger partial charge in [0.25, 0.3) is 0 Å². The Morgan fingerprint density at radius 3 is 2.16 bits per heavy atom. The summed E-state index contributed by atoms with van der Waals surface area (Å²) >= 11 is 0. The van der Waals surface area contributed by atoms with E-state index in [0.29, 0.717) is 6.04 Å². The standard InChI is InChI=1S/C16H27N3/c1-2-4-6-8-10-15-14(9-7-5-3-1)16(19-18-15)17-13-11-12-13/h13H,1-12H2,(H2,17,18,19). The number of aromatic amines is 1. The zero-order chi connectivity index (χ0) is 12.9. The predicted molar refractivity (Wildman–Crippen MR) is 79.6 cm³/mol. The van der Waals surface area contributed by atoms with Gasteiger partial charge in [0.1, 0.15) is 0 Å². The Balaban J connectivity index is 1.68. The number of nitrogens with zero attached hydrogens (tertiary/aromatic N) is 1. The van der Waals surface area contributed by atoms with Crippen LogP contribution in [-0.2, 0) is 12.8 Å². The van der Waals surface area contributed by atoms with Gasteiger partial charge >= 0.3 is 0 Å². The first-order valence-corrected chi connectivity index (χ1v) is 8.26. The van der Waals surface area contributed by atoms with Gasteiger partial charge in [0.05, 0.1) is 0 Å². The second-order valence-corrected chi connectivity index (χ2v) is 6.28. The lowest BCUT2D eigenvalue weighted by molar-refractivity contribution is 0.558. The molecule has 1 fully saturated rings. The van der Waals surface area contributed by atoms with Crippen molar-refractivity contribution < 1.29 is 0 Å². The molecule has 2 aliphatic carbocycles. The van der Waals surface area contributed by atoms with Crippen LogP contribution in [-0.4, -0.2) is 16.2 Å². The third-order valence-corrected chi connectivity index (χ3v) is 4.47. The molecular formula is C16H27N3. The van der Waals surface area contributed by atoms with E-state index in [1.165, 1.54) is 88.3 Å². The van der Waals surface area contributed by atoms with Gasteiger partial charge in [0.15, 0.2) is 5.82 Å². The van der Waals surface area contributed by atoms with E-state index >= 15 is 0 Å². The molecule has 1 heterocycles. The van der Waals surface area contributed by atoms with Crippen molar-refractivity contribution in [1.82, 2.24) is 10.2 Å². The molecule has 2 aliphatic rings. The number of aryl methyl sites for hydroxylation is 1. The van der Waals surface area contributed by atoms with Crippen LogP contribution in [0.25, 0.3) is 0 Å². The van der Waals surface area contributed by atoms with E-state index in [4.69, 9.17) is 0 Å². The molecule has 106 valence electrons. The van der Waals surface area contributed by atoms with E-state index in [9.17, 15) is 0 Å². The molecule has 0 amide bonds. The third-order valence-electron chi connectivity index (χ3n) is 4.47. The second-order valence-electron chi connectivity index (χ2n) is 6.28. The summed E-state index contributed by atoms with van der Waals surface area (Å²) in [4.78, 5) is 0. The molecule has 1 aromatic rings. The summed E-state index contributed by atoms with van der Waals surface area (Å²) in [5.41, 5.74) is 2.90. The van der Waals surface area contributed by atoms with Crippen LogP contribution in [0.1, 0.15) is 75.5 Å². The summed E-state index contributed by atoms with van der Waals surface area (Å²) in [7, 11) is 0. The number of nitrogens with one attached hydrogen (secondary N) is 2. The summed E-state index contributed by atoms with van der Waals surface area (Å²) < 4.78 is 0. The molecule has 1 aromatic heterocycles. The normalized spacial score (nSPS) is 22.1. The van der Waals surface area contributed by atoms with Gasteiger partial charge in [-0.1, -0.05) is 38.5 Å². The molecule has 0 bridgehead atoms. The quantitative estimate of drug-likeness (QED) is 0.837. The average Bonchev–Trinajstić information content (AvgIpc) is 3.13. The summed E-state index contributed by atoms with van der Waals surface area (Å²) in [5.74, 6) is 1.16. The highest BCUT2D eigenvalue weighted by molar-refractivity contribution is 5.48. The van der Waals surface area contributed by atoms with Crippen LogP contribution < -0.4 is 5.32 Å². The number of rotatable bonds is 2. The number of hydrogen-bond acceptors (Lipinski definition) is 2. The Kier molecular flexibility index (Phi) is 4.41. The zero-order valence-corrected chi connectivity index (χ0v) is 12.0. The van der Waals surface area contributed by atoms with Crippen molar-refractivity contribution in [2.75, 3.05) is 5.32 Å². The Hall–Kier alpha value is -0.990. The number of fused-ring (bicyclic) bond motifs is 1. The van der Waals surface area contributed by atoms with Crippen LogP contribution in [0.4, 0.5) is 5.82 Å².